The molecule has 3 atom stereocenters. The fourth-order valence-corrected chi connectivity index (χ4v) is 6.24. The molecule has 2 aromatic rings. The van der Waals surface area contributed by atoms with Crippen LogP contribution in [0.5, 0.6) is 0 Å². The second kappa shape index (κ2) is 16.0. The van der Waals surface area contributed by atoms with Gasteiger partial charge in [0.1, 0.15) is 12.1 Å². The number of carbonyl (C=O) groups is 3. The first-order chi connectivity index (χ1) is 18.1. The van der Waals surface area contributed by atoms with Gasteiger partial charge in [-0.1, -0.05) is 67.1 Å². The number of para-hydroxylation sites is 1. The van der Waals surface area contributed by atoms with Crippen molar-refractivity contribution in [1.82, 2.24) is 10.6 Å². The maximum atomic E-state index is 13.3. The van der Waals surface area contributed by atoms with E-state index in [1.165, 1.54) is 16.9 Å². The zero-order valence-corrected chi connectivity index (χ0v) is 23.0. The molecular weight excluding hydrogens is 528 g/mol. The Bertz CT molecular complexity index is 1090. The molecule has 2 aromatic carbocycles. The van der Waals surface area contributed by atoms with Crippen LogP contribution in [-0.4, -0.2) is 51.7 Å². The van der Waals surface area contributed by atoms with Gasteiger partial charge in [-0.3, -0.25) is 19.7 Å². The van der Waals surface area contributed by atoms with Crippen molar-refractivity contribution < 1.29 is 24.4 Å². The number of carbonyl (C=O) groups excluding carboxylic acids is 2. The Labute approximate surface area is 230 Å². The van der Waals surface area contributed by atoms with Crippen LogP contribution in [0.1, 0.15) is 38.7 Å². The number of nitrogens with one attached hydrogen (secondary N) is 2. The fraction of sp³-hybridized carbons (Fsp3) is 0.423. The van der Waals surface area contributed by atoms with E-state index in [-0.39, 0.29) is 18.0 Å². The van der Waals surface area contributed by atoms with E-state index < -0.39 is 40.0 Å². The van der Waals surface area contributed by atoms with Gasteiger partial charge in [0.15, 0.2) is 0 Å². The van der Waals surface area contributed by atoms with Gasteiger partial charge in [0.05, 0.1) is 15.1 Å². The maximum absolute atomic E-state index is 13.3. The summed E-state index contributed by atoms with van der Waals surface area (Å²) in [7, 11) is 2.29. The van der Waals surface area contributed by atoms with Gasteiger partial charge in [-0.25, -0.2) is 4.79 Å². The topological polar surface area (TPSA) is 165 Å². The third-order valence-corrected chi connectivity index (χ3v) is 8.34. The summed E-state index contributed by atoms with van der Waals surface area (Å²) in [5, 5.41) is 25.8. The summed E-state index contributed by atoms with van der Waals surface area (Å²) in [4.78, 5) is 49.6. The molecule has 5 N–H and O–H groups in total. The van der Waals surface area contributed by atoms with Gasteiger partial charge in [0.2, 0.25) is 11.8 Å². The van der Waals surface area contributed by atoms with Gasteiger partial charge in [-0.2, -0.15) is 0 Å². The molecule has 0 bridgehead atoms. The maximum Gasteiger partial charge on any atom is 0.326 e. The van der Waals surface area contributed by atoms with Crippen LogP contribution in [0.15, 0.2) is 59.5 Å². The minimum absolute atomic E-state index is 0.0416. The molecule has 10 nitrogen and oxygen atoms in total. The molecule has 0 aliphatic heterocycles. The Morgan fingerprint density at radius 2 is 1.63 bits per heavy atom. The Balaban J connectivity index is 2.14. The van der Waals surface area contributed by atoms with Crippen molar-refractivity contribution in [1.29, 1.82) is 0 Å². The fourth-order valence-electron chi connectivity index (χ4n) is 3.60. The van der Waals surface area contributed by atoms with Crippen LogP contribution >= 0.6 is 21.6 Å². The molecule has 0 heterocycles. The highest BCUT2D eigenvalue weighted by Crippen LogP contribution is 2.40. The Hall–Kier alpha value is -3.09. The predicted octanol–water partition coefficient (Wildman–Crippen LogP) is 3.79. The smallest absolute Gasteiger partial charge is 0.326 e. The van der Waals surface area contributed by atoms with Gasteiger partial charge in [0, 0.05) is 12.5 Å². The number of hydrogen-bond donors (Lipinski definition) is 4. The molecular formula is C26H34N4O6S2. The molecule has 0 saturated carbocycles. The van der Waals surface area contributed by atoms with Crippen molar-refractivity contribution in [2.24, 2.45) is 11.7 Å². The molecule has 0 spiro atoms. The lowest BCUT2D eigenvalue weighted by Gasteiger charge is -2.25. The lowest BCUT2D eigenvalue weighted by Crippen LogP contribution is -2.53. The number of carboxylic acids is 1. The average molecular weight is 563 g/mol. The summed E-state index contributed by atoms with van der Waals surface area (Å²) in [5.41, 5.74) is 6.36. The molecule has 2 rings (SSSR count). The van der Waals surface area contributed by atoms with E-state index in [0.717, 1.165) is 16.4 Å². The minimum Gasteiger partial charge on any atom is -0.480 e. The number of hydrogen-bond acceptors (Lipinski definition) is 8. The van der Waals surface area contributed by atoms with E-state index in [9.17, 15) is 29.6 Å². The summed E-state index contributed by atoms with van der Waals surface area (Å²) >= 11 is 0. The van der Waals surface area contributed by atoms with Crippen molar-refractivity contribution in [3.63, 3.8) is 0 Å². The second-order valence-electron chi connectivity index (χ2n) is 9.10. The standard InChI is InChI=1S/C26H34N4O6S2/c1-17(2)15-19(24(31)29-20(26(33)34)16-18-9-4-3-5-10-18)28-25(32)23(13-8-14-27)38-37-22-12-7-6-11-21(22)30(35)36/h3-7,9-12,17,19-20,23H,8,13-16,27H2,1-2H3,(H,28,32)(H,29,31)(H,33,34)/t19?,20-,23?/m0/s1. The number of carboxylic acid groups (broad SMARTS) is 1. The zero-order valence-electron chi connectivity index (χ0n) is 21.4. The molecule has 0 aromatic heterocycles. The largest absolute Gasteiger partial charge is 0.480 e. The Morgan fingerprint density at radius 3 is 2.24 bits per heavy atom. The number of nitro benzene ring substituents is 1. The first-order valence-electron chi connectivity index (χ1n) is 12.3. The summed E-state index contributed by atoms with van der Waals surface area (Å²) in [6.07, 6.45) is 1.36. The highest BCUT2D eigenvalue weighted by molar-refractivity contribution is 8.77. The van der Waals surface area contributed by atoms with Crippen molar-refractivity contribution in [2.45, 2.75) is 61.8 Å². The van der Waals surface area contributed by atoms with Gasteiger partial charge in [-0.05, 0) is 54.1 Å². The van der Waals surface area contributed by atoms with Gasteiger partial charge >= 0.3 is 5.97 Å². The van der Waals surface area contributed by atoms with Crippen LogP contribution in [0.4, 0.5) is 5.69 Å². The summed E-state index contributed by atoms with van der Waals surface area (Å²) < 4.78 is 0. The zero-order chi connectivity index (χ0) is 28.1. The van der Waals surface area contributed by atoms with Crippen molar-refractivity contribution in [3.8, 4) is 0 Å². The number of amides is 2. The monoisotopic (exact) mass is 562 g/mol. The van der Waals surface area contributed by atoms with Crippen LogP contribution in [0.2, 0.25) is 0 Å². The SMILES string of the molecule is CC(C)CC(NC(=O)C(CCCN)SSc1ccccc1[N+](=O)[O-])C(=O)N[C@@H](Cc1ccccc1)C(=O)O. The van der Waals surface area contributed by atoms with Gasteiger partial charge < -0.3 is 21.5 Å². The molecule has 0 saturated heterocycles. The molecule has 2 amide bonds. The number of nitrogens with two attached hydrogens (primary N) is 1. The molecule has 0 aliphatic rings. The van der Waals surface area contributed by atoms with Crippen LogP contribution in [0.3, 0.4) is 0 Å². The Morgan fingerprint density at radius 1 is 1.00 bits per heavy atom. The van der Waals surface area contributed by atoms with Crippen LogP contribution < -0.4 is 16.4 Å². The van der Waals surface area contributed by atoms with Crippen molar-refractivity contribution in [2.75, 3.05) is 6.54 Å². The van der Waals surface area contributed by atoms with Crippen LogP contribution in [-0.2, 0) is 20.8 Å². The highest BCUT2D eigenvalue weighted by Gasteiger charge is 2.30. The molecule has 12 heteroatoms. The van der Waals surface area contributed by atoms with E-state index in [4.69, 9.17) is 5.73 Å². The van der Waals surface area contributed by atoms with Crippen molar-refractivity contribution >= 4 is 45.1 Å². The third-order valence-electron chi connectivity index (χ3n) is 5.52. The quantitative estimate of drug-likeness (QED) is 0.135. The number of nitrogens with zero attached hydrogens (tertiary/aromatic N) is 1. The summed E-state index contributed by atoms with van der Waals surface area (Å²) in [6, 6.07) is 13.1. The van der Waals surface area contributed by atoms with Crippen LogP contribution in [0, 0.1) is 16.0 Å². The summed E-state index contributed by atoms with van der Waals surface area (Å²) in [5.74, 6) is -2.12. The molecule has 0 aliphatic carbocycles. The first-order valence-corrected chi connectivity index (χ1v) is 14.5. The number of rotatable bonds is 16. The lowest BCUT2D eigenvalue weighted by molar-refractivity contribution is -0.387. The van der Waals surface area contributed by atoms with E-state index in [1.807, 2.05) is 19.9 Å². The summed E-state index contributed by atoms with van der Waals surface area (Å²) in [6.45, 7) is 4.16. The highest BCUT2D eigenvalue weighted by atomic mass is 33.1. The van der Waals surface area contributed by atoms with Crippen LogP contribution in [0.25, 0.3) is 0 Å². The van der Waals surface area contributed by atoms with E-state index in [1.54, 1.807) is 42.5 Å². The minimum atomic E-state index is -1.17. The molecule has 38 heavy (non-hydrogen) atoms. The van der Waals surface area contributed by atoms with E-state index >= 15 is 0 Å². The second-order valence-corrected chi connectivity index (χ2v) is 11.5. The molecule has 2 unspecified atom stereocenters. The predicted molar refractivity (Wildman–Crippen MR) is 150 cm³/mol. The van der Waals surface area contributed by atoms with E-state index in [0.29, 0.717) is 30.7 Å². The normalized spacial score (nSPS) is 13.4. The van der Waals surface area contributed by atoms with E-state index in [2.05, 4.69) is 10.6 Å². The van der Waals surface area contributed by atoms with Crippen molar-refractivity contribution in [3.05, 3.63) is 70.3 Å². The molecule has 0 radical (unpaired) electrons. The molecule has 206 valence electrons. The Kier molecular flexibility index (Phi) is 13.1. The first kappa shape index (κ1) is 31.1. The lowest BCUT2D eigenvalue weighted by atomic mass is 10.0. The number of benzene rings is 2. The van der Waals surface area contributed by atoms with Gasteiger partial charge in [0.25, 0.3) is 5.69 Å². The van der Waals surface area contributed by atoms with Gasteiger partial charge in [-0.15, -0.1) is 0 Å². The molecule has 0 fully saturated rings. The number of aliphatic carboxylic acids is 1. The third kappa shape index (κ3) is 10.3. The average Bonchev–Trinajstić information content (AvgIpc) is 2.88. The number of nitro groups is 1.